The first-order valence-corrected chi connectivity index (χ1v) is 11.0. The van der Waals surface area contributed by atoms with Crippen LogP contribution in [-0.2, 0) is 27.6 Å². The molecule has 1 N–H and O–H groups in total. The Bertz CT molecular complexity index is 999. The highest BCUT2D eigenvalue weighted by Gasteiger charge is 2.24. The maximum atomic E-state index is 12.7. The molecule has 0 spiro atoms. The summed E-state index contributed by atoms with van der Waals surface area (Å²) in [6.45, 7) is 2.99. The quantitative estimate of drug-likeness (QED) is 0.630. The summed E-state index contributed by atoms with van der Waals surface area (Å²) in [5, 5.41) is 0. The van der Waals surface area contributed by atoms with E-state index in [0.29, 0.717) is 18.0 Å². The topological polar surface area (TPSA) is 77.5 Å². The van der Waals surface area contributed by atoms with Gasteiger partial charge in [-0.15, -0.1) is 0 Å². The lowest BCUT2D eigenvalue weighted by Gasteiger charge is -2.19. The van der Waals surface area contributed by atoms with Gasteiger partial charge in [-0.05, 0) is 36.2 Å². The fourth-order valence-corrected chi connectivity index (χ4v) is 4.39. The van der Waals surface area contributed by atoms with Crippen LogP contribution in [-0.4, -0.2) is 34.1 Å². The number of anilines is 1. The molecule has 0 radical (unpaired) electrons. The van der Waals surface area contributed by atoms with E-state index in [1.165, 1.54) is 11.8 Å². The van der Waals surface area contributed by atoms with Crippen LogP contribution in [0.3, 0.4) is 0 Å². The summed E-state index contributed by atoms with van der Waals surface area (Å²) in [7, 11) is -3.70. The maximum Gasteiger partial charge on any atom is 0.184 e. The molecular formula is C22H23N3O3S. The third-order valence-corrected chi connectivity index (χ3v) is 6.26. The van der Waals surface area contributed by atoms with Crippen molar-refractivity contribution in [2.75, 3.05) is 24.4 Å². The van der Waals surface area contributed by atoms with Crippen LogP contribution in [0.15, 0.2) is 78.0 Å². The number of nitrogens with zero attached hydrogens (tertiary/aromatic N) is 2. The fraction of sp³-hybridized carbons (Fsp3) is 0.227. The normalized spacial score (nSPS) is 16.2. The van der Waals surface area contributed by atoms with Crippen molar-refractivity contribution >= 4 is 16.1 Å². The summed E-state index contributed by atoms with van der Waals surface area (Å²) in [6, 6.07) is 18.8. The van der Waals surface area contributed by atoms with E-state index >= 15 is 0 Å². The molecule has 0 fully saturated rings. The monoisotopic (exact) mass is 409 g/mol. The molecule has 1 atom stereocenters. The third kappa shape index (κ3) is 5.00. The summed E-state index contributed by atoms with van der Waals surface area (Å²) < 4.78 is 33.8. The molecule has 2 heterocycles. The van der Waals surface area contributed by atoms with Crippen LogP contribution in [0, 0.1) is 0 Å². The van der Waals surface area contributed by atoms with Gasteiger partial charge >= 0.3 is 0 Å². The lowest BCUT2D eigenvalue weighted by Crippen LogP contribution is -2.27. The molecule has 0 bridgehead atoms. The number of benzene rings is 2. The molecule has 1 unspecified atom stereocenters. The van der Waals surface area contributed by atoms with Crippen LogP contribution in [0.4, 0.5) is 5.69 Å². The predicted octanol–water partition coefficient (Wildman–Crippen LogP) is 3.53. The van der Waals surface area contributed by atoms with E-state index in [0.717, 1.165) is 31.6 Å². The Hall–Kier alpha value is -2.74. The number of hydrogen-bond acceptors (Lipinski definition) is 5. The molecule has 1 aromatic heterocycles. The lowest BCUT2D eigenvalue weighted by molar-refractivity contribution is 0.228. The molecule has 0 saturated heterocycles. The Kier molecular flexibility index (Phi) is 5.89. The van der Waals surface area contributed by atoms with Gasteiger partial charge in [0.05, 0.1) is 11.9 Å². The number of sulfonamides is 1. The van der Waals surface area contributed by atoms with Crippen LogP contribution < -0.4 is 9.46 Å². The van der Waals surface area contributed by atoms with E-state index in [2.05, 4.69) is 38.9 Å². The van der Waals surface area contributed by atoms with Gasteiger partial charge in [0, 0.05) is 37.5 Å². The van der Waals surface area contributed by atoms with Gasteiger partial charge < -0.3 is 9.29 Å². The first-order chi connectivity index (χ1) is 14.1. The minimum absolute atomic E-state index is 0.179. The molecule has 3 aromatic rings. The Morgan fingerprint density at radius 2 is 2.00 bits per heavy atom. The fourth-order valence-electron chi connectivity index (χ4n) is 3.33. The highest BCUT2D eigenvalue weighted by Crippen LogP contribution is 2.29. The molecule has 1 aliphatic rings. The van der Waals surface area contributed by atoms with Crippen molar-refractivity contribution in [3.05, 3.63) is 84.2 Å². The van der Waals surface area contributed by atoms with Gasteiger partial charge in [0.1, 0.15) is 12.4 Å². The standard InChI is InChI=1S/C22H23N3O3S/c26-29(27,24-20-7-4-11-23-16-20)21-9-8-19-17-25(13-14-28-22(19)15-21)12-10-18-5-2-1-3-6-18/h1-9,11,15-16H,10,12-14,17H2,(H-,24,26,27). The number of rotatable bonds is 6. The SMILES string of the molecule is O=[S+]([O-])(Nc1cccnc1)c1ccc2c(c1)OCCN(CCc1ccccc1)C2. The number of fused-ring (bicyclic) bond motifs is 1. The molecule has 29 heavy (non-hydrogen) atoms. The van der Waals surface area contributed by atoms with E-state index in [4.69, 9.17) is 4.74 Å². The zero-order valence-electron chi connectivity index (χ0n) is 16.0. The average Bonchev–Trinajstić information content (AvgIpc) is 2.95. The second-order valence-electron chi connectivity index (χ2n) is 6.98. The predicted molar refractivity (Wildman–Crippen MR) is 112 cm³/mol. The molecule has 4 rings (SSSR count). The van der Waals surface area contributed by atoms with Crippen LogP contribution in [0.25, 0.3) is 0 Å². The van der Waals surface area contributed by atoms with E-state index in [1.54, 1.807) is 30.5 Å². The van der Waals surface area contributed by atoms with Crippen molar-refractivity contribution in [2.45, 2.75) is 17.9 Å². The minimum atomic E-state index is -3.70. The van der Waals surface area contributed by atoms with Gasteiger partial charge in [-0.2, -0.15) is 0 Å². The van der Waals surface area contributed by atoms with Gasteiger partial charge in [0.2, 0.25) is 0 Å². The van der Waals surface area contributed by atoms with Crippen LogP contribution in [0.2, 0.25) is 0 Å². The Labute approximate surface area is 171 Å². The summed E-state index contributed by atoms with van der Waals surface area (Å²) in [5.41, 5.74) is 2.73. The second-order valence-corrected chi connectivity index (χ2v) is 8.66. The lowest BCUT2D eigenvalue weighted by atomic mass is 10.1. The van der Waals surface area contributed by atoms with Gasteiger partial charge in [0.15, 0.2) is 15.3 Å². The number of aromatic nitrogens is 1. The summed E-state index contributed by atoms with van der Waals surface area (Å²) in [4.78, 5) is 6.45. The second kappa shape index (κ2) is 8.73. The smallest absolute Gasteiger partial charge is 0.184 e. The Balaban J connectivity index is 1.46. The van der Waals surface area contributed by atoms with E-state index < -0.39 is 10.4 Å². The summed E-state index contributed by atoms with van der Waals surface area (Å²) >= 11 is 0. The van der Waals surface area contributed by atoms with Crippen molar-refractivity contribution in [1.82, 2.24) is 9.88 Å². The highest BCUT2D eigenvalue weighted by atomic mass is 32.3. The molecule has 1 aliphatic heterocycles. The van der Waals surface area contributed by atoms with Gasteiger partial charge in [-0.1, -0.05) is 34.5 Å². The minimum Gasteiger partial charge on any atom is -0.588 e. The molecule has 2 aromatic carbocycles. The molecule has 0 aliphatic carbocycles. The average molecular weight is 410 g/mol. The molecule has 150 valence electrons. The van der Waals surface area contributed by atoms with Crippen molar-refractivity contribution in [1.29, 1.82) is 0 Å². The Morgan fingerprint density at radius 3 is 2.79 bits per heavy atom. The summed E-state index contributed by atoms with van der Waals surface area (Å²) in [5.74, 6) is 0.626. The van der Waals surface area contributed by atoms with E-state index in [9.17, 15) is 8.76 Å². The van der Waals surface area contributed by atoms with Crippen molar-refractivity contribution < 1.29 is 13.5 Å². The van der Waals surface area contributed by atoms with Gasteiger partial charge in [-0.3, -0.25) is 9.88 Å². The zero-order valence-corrected chi connectivity index (χ0v) is 16.8. The van der Waals surface area contributed by atoms with Gasteiger partial charge in [0.25, 0.3) is 0 Å². The highest BCUT2D eigenvalue weighted by molar-refractivity contribution is 7.98. The maximum absolute atomic E-state index is 12.7. The van der Waals surface area contributed by atoms with Gasteiger partial charge in [-0.25, -0.2) is 4.72 Å². The van der Waals surface area contributed by atoms with E-state index in [1.807, 2.05) is 12.1 Å². The largest absolute Gasteiger partial charge is 0.588 e. The van der Waals surface area contributed by atoms with Crippen LogP contribution >= 0.6 is 0 Å². The van der Waals surface area contributed by atoms with E-state index in [-0.39, 0.29) is 4.90 Å². The van der Waals surface area contributed by atoms with Crippen LogP contribution in [0.5, 0.6) is 5.75 Å². The number of hydrogen-bond donors (Lipinski definition) is 1. The molecule has 0 saturated carbocycles. The van der Waals surface area contributed by atoms with Crippen molar-refractivity contribution in [2.24, 2.45) is 0 Å². The summed E-state index contributed by atoms with van der Waals surface area (Å²) in [6.07, 6.45) is 4.04. The molecule has 6 nitrogen and oxygen atoms in total. The van der Waals surface area contributed by atoms with Crippen molar-refractivity contribution in [3.8, 4) is 5.75 Å². The molecular weight excluding hydrogens is 386 g/mol. The third-order valence-electron chi connectivity index (χ3n) is 4.88. The number of ether oxygens (including phenoxy) is 1. The molecule has 0 amide bonds. The number of pyridine rings is 1. The first-order valence-electron chi connectivity index (χ1n) is 9.55. The van der Waals surface area contributed by atoms with Crippen LogP contribution in [0.1, 0.15) is 11.1 Å². The zero-order chi connectivity index (χ0) is 20.1. The molecule has 7 heteroatoms. The first kappa shape index (κ1) is 19.6. The van der Waals surface area contributed by atoms with Crippen molar-refractivity contribution in [3.63, 3.8) is 0 Å². The Morgan fingerprint density at radius 1 is 1.14 bits per heavy atom. The number of nitrogens with one attached hydrogen (secondary N) is 1.